The smallest absolute Gasteiger partial charge is 0.274 e. The standard InChI is InChI=1S/C13H20N2O2.C10H14.C2H6.2CH2O/c1-3-9-15(10-4-2)12-7-5-11(6-8-12)13(16)14-17;1-3-4-10-7-5-9(2)6-8-10;3*1-2/h5-8,17H,3-4,9-10H2,1-2H3,(H,14,16);5-8H,3-4H2,1-2H3;1-2H3;2*1H2. The predicted molar refractivity (Wildman–Crippen MR) is 139 cm³/mol. The summed E-state index contributed by atoms with van der Waals surface area (Å²) in [4.78, 5) is 29.5. The summed E-state index contributed by atoms with van der Waals surface area (Å²) in [6, 6.07) is 16.0. The first-order valence-electron chi connectivity index (χ1n) is 11.5. The highest BCUT2D eigenvalue weighted by Gasteiger charge is 2.07. The number of hydroxylamine groups is 1. The first-order valence-corrected chi connectivity index (χ1v) is 11.5. The number of anilines is 1. The number of aryl methyl sites for hydroxylation is 2. The fourth-order valence-electron chi connectivity index (χ4n) is 2.84. The van der Waals surface area contributed by atoms with Crippen LogP contribution in [0, 0.1) is 6.92 Å². The third-order valence-electron chi connectivity index (χ3n) is 4.24. The maximum absolute atomic E-state index is 11.2. The van der Waals surface area contributed by atoms with E-state index in [1.54, 1.807) is 17.6 Å². The first kappa shape index (κ1) is 34.6. The summed E-state index contributed by atoms with van der Waals surface area (Å²) in [6.45, 7) is 18.7. The molecule has 0 fully saturated rings. The van der Waals surface area contributed by atoms with E-state index < -0.39 is 5.91 Å². The van der Waals surface area contributed by atoms with E-state index in [0.29, 0.717) is 5.56 Å². The van der Waals surface area contributed by atoms with Crippen LogP contribution in [0.2, 0.25) is 0 Å². The molecule has 0 aliphatic carbocycles. The molecule has 2 rings (SSSR count). The molecule has 0 aliphatic rings. The molecule has 186 valence electrons. The van der Waals surface area contributed by atoms with E-state index in [0.717, 1.165) is 31.6 Å². The van der Waals surface area contributed by atoms with Gasteiger partial charge in [0.15, 0.2) is 0 Å². The molecule has 1 amide bonds. The number of hydrogen-bond acceptors (Lipinski definition) is 5. The van der Waals surface area contributed by atoms with Gasteiger partial charge in [0.2, 0.25) is 0 Å². The maximum atomic E-state index is 11.2. The quantitative estimate of drug-likeness (QED) is 0.371. The fourth-order valence-corrected chi connectivity index (χ4v) is 2.84. The van der Waals surface area contributed by atoms with Crippen molar-refractivity contribution in [3.8, 4) is 0 Å². The molecule has 0 aromatic heterocycles. The minimum Gasteiger partial charge on any atom is -0.372 e. The number of hydrogen-bond donors (Lipinski definition) is 2. The molecule has 0 aliphatic heterocycles. The summed E-state index contributed by atoms with van der Waals surface area (Å²) >= 11 is 0. The SMILES string of the molecule is C=O.C=O.CC.CCCN(CCC)c1ccc(C(=O)NO)cc1.CCCc1ccc(C)cc1. The van der Waals surface area contributed by atoms with Crippen LogP contribution in [0.3, 0.4) is 0 Å². The van der Waals surface area contributed by atoms with Crippen LogP contribution >= 0.6 is 0 Å². The molecule has 0 atom stereocenters. The van der Waals surface area contributed by atoms with Crippen molar-refractivity contribution in [2.24, 2.45) is 0 Å². The molecule has 2 N–H and O–H groups in total. The van der Waals surface area contributed by atoms with Gasteiger partial charge in [0.25, 0.3) is 5.91 Å². The zero-order valence-electron chi connectivity index (χ0n) is 21.4. The zero-order valence-corrected chi connectivity index (χ0v) is 21.4. The first-order chi connectivity index (χ1) is 16.0. The summed E-state index contributed by atoms with van der Waals surface area (Å²) < 4.78 is 0. The van der Waals surface area contributed by atoms with Gasteiger partial charge in [-0.25, -0.2) is 5.48 Å². The predicted octanol–water partition coefficient (Wildman–Crippen LogP) is 6.04. The van der Waals surface area contributed by atoms with Crippen molar-refractivity contribution in [3.05, 3.63) is 65.2 Å². The van der Waals surface area contributed by atoms with Gasteiger partial charge >= 0.3 is 0 Å². The Bertz CT molecular complexity index is 680. The Kier molecular flexibility index (Phi) is 26.5. The Morgan fingerprint density at radius 3 is 1.64 bits per heavy atom. The number of amides is 1. The number of carbonyl (C=O) groups is 3. The van der Waals surface area contributed by atoms with Crippen LogP contribution in [-0.4, -0.2) is 37.8 Å². The number of rotatable bonds is 8. The van der Waals surface area contributed by atoms with Crippen molar-refractivity contribution < 1.29 is 19.6 Å². The zero-order chi connectivity index (χ0) is 26.1. The molecule has 0 unspecified atom stereocenters. The highest BCUT2D eigenvalue weighted by molar-refractivity contribution is 5.93. The van der Waals surface area contributed by atoms with E-state index in [1.807, 2.05) is 39.6 Å². The molecular weight excluding hydrogens is 416 g/mol. The molecular formula is C27H44N2O4. The minimum absolute atomic E-state index is 0.462. The lowest BCUT2D eigenvalue weighted by Gasteiger charge is -2.23. The molecule has 2 aromatic carbocycles. The molecule has 0 saturated heterocycles. The lowest BCUT2D eigenvalue weighted by molar-refractivity contribution is -0.0987. The van der Waals surface area contributed by atoms with Crippen LogP contribution in [0.4, 0.5) is 5.69 Å². The van der Waals surface area contributed by atoms with Gasteiger partial charge in [0, 0.05) is 24.3 Å². The van der Waals surface area contributed by atoms with E-state index in [1.165, 1.54) is 24.0 Å². The van der Waals surface area contributed by atoms with E-state index in [2.05, 4.69) is 56.9 Å². The van der Waals surface area contributed by atoms with Gasteiger partial charge in [-0.3, -0.25) is 10.0 Å². The molecule has 6 heteroatoms. The summed E-state index contributed by atoms with van der Waals surface area (Å²) in [5.41, 5.74) is 6.00. The molecule has 0 bridgehead atoms. The van der Waals surface area contributed by atoms with Gasteiger partial charge < -0.3 is 14.5 Å². The van der Waals surface area contributed by atoms with E-state index in [9.17, 15) is 4.79 Å². The van der Waals surface area contributed by atoms with Gasteiger partial charge in [-0.15, -0.1) is 0 Å². The van der Waals surface area contributed by atoms with Crippen molar-refractivity contribution in [2.45, 2.75) is 67.2 Å². The number of benzene rings is 2. The molecule has 2 aromatic rings. The van der Waals surface area contributed by atoms with Crippen molar-refractivity contribution in [1.82, 2.24) is 5.48 Å². The summed E-state index contributed by atoms with van der Waals surface area (Å²) in [7, 11) is 0. The Balaban J connectivity index is -0.000000478. The highest BCUT2D eigenvalue weighted by atomic mass is 16.5. The highest BCUT2D eigenvalue weighted by Crippen LogP contribution is 2.16. The molecule has 0 radical (unpaired) electrons. The average molecular weight is 461 g/mol. The summed E-state index contributed by atoms with van der Waals surface area (Å²) in [5.74, 6) is -0.478. The molecule has 6 nitrogen and oxygen atoms in total. The number of nitrogens with zero attached hydrogens (tertiary/aromatic N) is 1. The van der Waals surface area contributed by atoms with Gasteiger partial charge in [-0.2, -0.15) is 0 Å². The van der Waals surface area contributed by atoms with Gasteiger partial charge in [0.05, 0.1) is 0 Å². The largest absolute Gasteiger partial charge is 0.372 e. The molecule has 0 spiro atoms. The third kappa shape index (κ3) is 16.3. The molecule has 0 saturated carbocycles. The topological polar surface area (TPSA) is 86.7 Å². The van der Waals surface area contributed by atoms with E-state index in [4.69, 9.17) is 14.8 Å². The Morgan fingerprint density at radius 2 is 1.27 bits per heavy atom. The van der Waals surface area contributed by atoms with Crippen LogP contribution in [0.15, 0.2) is 48.5 Å². The number of nitrogens with one attached hydrogen (secondary N) is 1. The van der Waals surface area contributed by atoms with Gasteiger partial charge in [0.1, 0.15) is 13.6 Å². The van der Waals surface area contributed by atoms with Crippen LogP contribution in [0.1, 0.15) is 75.4 Å². The van der Waals surface area contributed by atoms with Crippen molar-refractivity contribution in [3.63, 3.8) is 0 Å². The van der Waals surface area contributed by atoms with Crippen LogP contribution in [0.5, 0.6) is 0 Å². The van der Waals surface area contributed by atoms with Crippen molar-refractivity contribution in [1.29, 1.82) is 0 Å². The lowest BCUT2D eigenvalue weighted by Crippen LogP contribution is -2.25. The summed E-state index contributed by atoms with van der Waals surface area (Å²) in [5, 5.41) is 8.53. The lowest BCUT2D eigenvalue weighted by atomic mass is 10.1. The third-order valence-corrected chi connectivity index (χ3v) is 4.24. The van der Waals surface area contributed by atoms with Crippen LogP contribution in [0.25, 0.3) is 0 Å². The molecule has 0 heterocycles. The minimum atomic E-state index is -0.478. The fraction of sp³-hybridized carbons (Fsp3) is 0.444. The second-order valence-corrected chi connectivity index (χ2v) is 6.71. The van der Waals surface area contributed by atoms with Crippen molar-refractivity contribution in [2.75, 3.05) is 18.0 Å². The van der Waals surface area contributed by atoms with E-state index in [-0.39, 0.29) is 0 Å². The normalized spacial score (nSPS) is 8.58. The Labute approximate surface area is 201 Å². The van der Waals surface area contributed by atoms with Crippen LogP contribution < -0.4 is 10.4 Å². The summed E-state index contributed by atoms with van der Waals surface area (Å²) in [6.07, 6.45) is 4.64. The van der Waals surface area contributed by atoms with E-state index >= 15 is 0 Å². The Hall–Kier alpha value is -2.99. The second-order valence-electron chi connectivity index (χ2n) is 6.71. The van der Waals surface area contributed by atoms with Gasteiger partial charge in [-0.05, 0) is 56.0 Å². The second kappa shape index (κ2) is 25.3. The van der Waals surface area contributed by atoms with Gasteiger partial charge in [-0.1, -0.05) is 70.9 Å². The molecule has 33 heavy (non-hydrogen) atoms. The van der Waals surface area contributed by atoms with Crippen molar-refractivity contribution >= 4 is 25.2 Å². The number of carbonyl (C=O) groups excluding carboxylic acids is 3. The van der Waals surface area contributed by atoms with Crippen LogP contribution in [-0.2, 0) is 16.0 Å². The monoisotopic (exact) mass is 460 g/mol. The Morgan fingerprint density at radius 1 is 0.818 bits per heavy atom. The maximum Gasteiger partial charge on any atom is 0.274 e. The average Bonchev–Trinajstić information content (AvgIpc) is 2.89.